The maximum atomic E-state index is 13.4. The zero-order valence-electron chi connectivity index (χ0n) is 13.5. The van der Waals surface area contributed by atoms with Gasteiger partial charge in [0, 0.05) is 0 Å². The Hall–Kier alpha value is -2.21. The van der Waals surface area contributed by atoms with Gasteiger partial charge in [-0.3, -0.25) is 4.79 Å². The van der Waals surface area contributed by atoms with Gasteiger partial charge in [-0.05, 0) is 37.0 Å². The number of ether oxygens (including phenoxy) is 1. The number of carbonyl (C=O) groups excluding carboxylic acids is 1. The third-order valence-corrected chi connectivity index (χ3v) is 4.35. The highest BCUT2D eigenvalue weighted by Gasteiger charge is 2.45. The summed E-state index contributed by atoms with van der Waals surface area (Å²) in [5.74, 6) is -1.80. The predicted octanol–water partition coefficient (Wildman–Crippen LogP) is 2.31. The summed E-state index contributed by atoms with van der Waals surface area (Å²) in [6, 6.07) is 5.04. The Morgan fingerprint density at radius 3 is 2.75 bits per heavy atom. The van der Waals surface area contributed by atoms with Gasteiger partial charge in [0.15, 0.2) is 6.04 Å². The second-order valence-corrected chi connectivity index (χ2v) is 6.13. The molecule has 1 atom stereocenters. The minimum absolute atomic E-state index is 0.122. The van der Waals surface area contributed by atoms with Crippen LogP contribution in [0.25, 0.3) is 0 Å². The van der Waals surface area contributed by atoms with Crippen LogP contribution in [-0.2, 0) is 20.7 Å². The van der Waals surface area contributed by atoms with E-state index in [0.717, 1.165) is 12.0 Å². The Morgan fingerprint density at radius 2 is 2.21 bits per heavy atom. The molecule has 1 saturated carbocycles. The number of amides is 1. The fraction of sp³-hybridized carbons (Fsp3) is 0.444. The summed E-state index contributed by atoms with van der Waals surface area (Å²) in [6.07, 6.45) is 4.13. The van der Waals surface area contributed by atoms with Crippen LogP contribution in [0.3, 0.4) is 0 Å². The fourth-order valence-corrected chi connectivity index (χ4v) is 2.88. The quantitative estimate of drug-likeness (QED) is 0.536. The van der Waals surface area contributed by atoms with Gasteiger partial charge in [0.05, 0.1) is 18.6 Å². The van der Waals surface area contributed by atoms with Crippen molar-refractivity contribution in [2.45, 2.75) is 31.7 Å². The summed E-state index contributed by atoms with van der Waals surface area (Å²) in [5.41, 5.74) is 0.0690. The summed E-state index contributed by atoms with van der Waals surface area (Å²) in [7, 11) is 0. The van der Waals surface area contributed by atoms with Crippen LogP contribution < -0.4 is 5.32 Å². The smallest absolute Gasteiger partial charge is 0.328 e. The van der Waals surface area contributed by atoms with Gasteiger partial charge >= 0.3 is 5.97 Å². The average molecular weight is 335 g/mol. The maximum Gasteiger partial charge on any atom is 0.328 e. The van der Waals surface area contributed by atoms with E-state index in [1.54, 1.807) is 12.1 Å². The van der Waals surface area contributed by atoms with Gasteiger partial charge in [-0.1, -0.05) is 24.6 Å². The molecule has 2 N–H and O–H groups in total. The first kappa shape index (κ1) is 18.1. The topological polar surface area (TPSA) is 75.6 Å². The highest BCUT2D eigenvalue weighted by atomic mass is 19.1. The van der Waals surface area contributed by atoms with Crippen LogP contribution in [0, 0.1) is 11.2 Å². The Balaban J connectivity index is 2.04. The lowest BCUT2D eigenvalue weighted by Crippen LogP contribution is -2.53. The number of rotatable bonds is 9. The van der Waals surface area contributed by atoms with Crippen molar-refractivity contribution >= 4 is 11.9 Å². The summed E-state index contributed by atoms with van der Waals surface area (Å²) < 4.78 is 18.5. The number of benzene rings is 1. The third kappa shape index (κ3) is 4.41. The molecule has 1 aliphatic carbocycles. The number of carboxylic acid groups (broad SMARTS) is 1. The molecule has 1 aromatic rings. The molecule has 1 unspecified atom stereocenters. The van der Waals surface area contributed by atoms with Gasteiger partial charge in [0.2, 0.25) is 5.91 Å². The van der Waals surface area contributed by atoms with Gasteiger partial charge in [-0.2, -0.15) is 0 Å². The highest BCUT2D eigenvalue weighted by molar-refractivity contribution is 5.88. The lowest BCUT2D eigenvalue weighted by atomic mass is 9.64. The van der Waals surface area contributed by atoms with E-state index >= 15 is 0 Å². The van der Waals surface area contributed by atoms with Crippen molar-refractivity contribution in [1.82, 2.24) is 5.32 Å². The molecular weight excluding hydrogens is 313 g/mol. The molecule has 130 valence electrons. The van der Waals surface area contributed by atoms with Crippen LogP contribution in [0.4, 0.5) is 4.39 Å². The van der Waals surface area contributed by atoms with Gasteiger partial charge in [-0.15, -0.1) is 6.58 Å². The Bertz CT molecular complexity index is 613. The first-order valence-corrected chi connectivity index (χ1v) is 7.94. The van der Waals surface area contributed by atoms with E-state index in [1.807, 2.05) is 0 Å². The third-order valence-electron chi connectivity index (χ3n) is 4.35. The number of aliphatic carboxylic acids is 1. The van der Waals surface area contributed by atoms with Crippen molar-refractivity contribution in [3.05, 3.63) is 48.3 Å². The Labute approximate surface area is 140 Å². The summed E-state index contributed by atoms with van der Waals surface area (Å²) in [5, 5.41) is 11.8. The number of carbonyl (C=O) groups is 2. The van der Waals surface area contributed by atoms with Gasteiger partial charge in [-0.25, -0.2) is 9.18 Å². The molecule has 0 aliphatic heterocycles. The van der Waals surface area contributed by atoms with E-state index in [4.69, 9.17) is 4.74 Å². The molecule has 1 amide bonds. The van der Waals surface area contributed by atoms with Gasteiger partial charge in [0.25, 0.3) is 0 Å². The normalized spacial score (nSPS) is 16.7. The number of halogens is 1. The van der Waals surface area contributed by atoms with Gasteiger partial charge < -0.3 is 15.2 Å². The lowest BCUT2D eigenvalue weighted by molar-refractivity contribution is -0.147. The van der Waals surface area contributed by atoms with Crippen molar-refractivity contribution in [3.8, 4) is 0 Å². The summed E-state index contributed by atoms with van der Waals surface area (Å²) in [6.45, 7) is 3.58. The molecule has 0 spiro atoms. The highest BCUT2D eigenvalue weighted by Crippen LogP contribution is 2.44. The molecule has 2 rings (SSSR count). The number of nitrogens with one attached hydrogen (secondary N) is 1. The molecule has 24 heavy (non-hydrogen) atoms. The molecule has 6 heteroatoms. The summed E-state index contributed by atoms with van der Waals surface area (Å²) >= 11 is 0. The van der Waals surface area contributed by atoms with Crippen molar-refractivity contribution in [1.29, 1.82) is 0 Å². The molecule has 1 fully saturated rings. The first-order chi connectivity index (χ1) is 11.5. The van der Waals surface area contributed by atoms with Crippen LogP contribution in [0.1, 0.15) is 24.8 Å². The minimum Gasteiger partial charge on any atom is -0.480 e. The van der Waals surface area contributed by atoms with E-state index in [9.17, 15) is 19.1 Å². The monoisotopic (exact) mass is 335 g/mol. The second kappa shape index (κ2) is 8.06. The van der Waals surface area contributed by atoms with Gasteiger partial charge in [0.1, 0.15) is 5.82 Å². The van der Waals surface area contributed by atoms with E-state index in [0.29, 0.717) is 19.3 Å². The van der Waals surface area contributed by atoms with Crippen LogP contribution >= 0.6 is 0 Å². The average Bonchev–Trinajstić information content (AvgIpc) is 2.49. The number of hydrogen-bond acceptors (Lipinski definition) is 3. The molecule has 0 saturated heterocycles. The fourth-order valence-electron chi connectivity index (χ4n) is 2.88. The number of hydrogen-bond donors (Lipinski definition) is 2. The van der Waals surface area contributed by atoms with E-state index < -0.39 is 17.4 Å². The van der Waals surface area contributed by atoms with E-state index in [2.05, 4.69) is 11.9 Å². The van der Waals surface area contributed by atoms with E-state index in [1.165, 1.54) is 18.2 Å². The lowest BCUT2D eigenvalue weighted by Gasteiger charge is -2.41. The minimum atomic E-state index is -1.15. The maximum absolute atomic E-state index is 13.4. The Morgan fingerprint density at radius 1 is 1.46 bits per heavy atom. The first-order valence-electron chi connectivity index (χ1n) is 7.94. The zero-order valence-corrected chi connectivity index (χ0v) is 13.5. The van der Waals surface area contributed by atoms with Crippen molar-refractivity contribution in [2.75, 3.05) is 13.2 Å². The molecule has 1 aromatic carbocycles. The molecular formula is C18H22FNO4. The molecule has 0 aromatic heterocycles. The molecule has 0 radical (unpaired) electrons. The summed E-state index contributed by atoms with van der Waals surface area (Å²) in [4.78, 5) is 23.9. The molecule has 0 bridgehead atoms. The van der Waals surface area contributed by atoms with Crippen LogP contribution in [-0.4, -0.2) is 36.2 Å². The Kier molecular flexibility index (Phi) is 6.09. The van der Waals surface area contributed by atoms with Crippen LogP contribution in [0.5, 0.6) is 0 Å². The standard InChI is InChI=1S/C18H22FNO4/c1-2-9-24-12-15(16(21)22)20-17(23)18(7-4-8-18)11-13-5-3-6-14(19)10-13/h2-3,5-6,10,15H,1,4,7-9,11-12H2,(H,20,23)(H,21,22). The second-order valence-electron chi connectivity index (χ2n) is 6.13. The van der Waals surface area contributed by atoms with Crippen LogP contribution in [0.2, 0.25) is 0 Å². The van der Waals surface area contributed by atoms with Crippen molar-refractivity contribution < 1.29 is 23.8 Å². The molecule has 1 aliphatic rings. The predicted molar refractivity (Wildman–Crippen MR) is 87.0 cm³/mol. The number of carboxylic acids is 1. The van der Waals surface area contributed by atoms with Crippen molar-refractivity contribution in [2.24, 2.45) is 5.41 Å². The van der Waals surface area contributed by atoms with E-state index in [-0.39, 0.29) is 24.9 Å². The largest absolute Gasteiger partial charge is 0.480 e. The van der Waals surface area contributed by atoms with Crippen molar-refractivity contribution in [3.63, 3.8) is 0 Å². The SMILES string of the molecule is C=CCOCC(NC(=O)C1(Cc2cccc(F)c2)CCC1)C(=O)O. The molecule has 5 nitrogen and oxygen atoms in total. The van der Waals surface area contributed by atoms with Crippen LogP contribution in [0.15, 0.2) is 36.9 Å². The molecule has 0 heterocycles. The zero-order chi connectivity index (χ0) is 17.6.